The van der Waals surface area contributed by atoms with Crippen molar-refractivity contribution in [2.75, 3.05) is 11.9 Å². The van der Waals surface area contributed by atoms with Crippen LogP contribution in [0.3, 0.4) is 0 Å². The number of nitrogens with one attached hydrogen (secondary N) is 1. The Kier molecular flexibility index (Phi) is 3.78. The molecule has 0 unspecified atom stereocenters. The minimum atomic E-state index is 0.533. The fourth-order valence-electron chi connectivity index (χ4n) is 0.966. The molecule has 0 radical (unpaired) electrons. The summed E-state index contributed by atoms with van der Waals surface area (Å²) in [5.41, 5.74) is 2.26. The van der Waals surface area contributed by atoms with Crippen LogP contribution < -0.4 is 5.32 Å². The van der Waals surface area contributed by atoms with Gasteiger partial charge in [-0.25, -0.2) is 0 Å². The molecule has 3 heteroatoms. The Labute approximate surface area is 86.7 Å². The third-order valence-corrected chi connectivity index (χ3v) is 2.59. The van der Waals surface area contributed by atoms with E-state index in [9.17, 15) is 0 Å². The highest BCUT2D eigenvalue weighted by Gasteiger charge is 1.95. The maximum absolute atomic E-state index is 8.34. The molecule has 0 aliphatic rings. The third-order valence-electron chi connectivity index (χ3n) is 1.74. The van der Waals surface area contributed by atoms with Crippen molar-refractivity contribution < 1.29 is 0 Å². The molecule has 2 nitrogen and oxygen atoms in total. The van der Waals surface area contributed by atoms with Gasteiger partial charge >= 0.3 is 0 Å². The van der Waals surface area contributed by atoms with E-state index in [2.05, 4.69) is 27.3 Å². The van der Waals surface area contributed by atoms with Crippen LogP contribution in [0.15, 0.2) is 22.7 Å². The zero-order valence-corrected chi connectivity index (χ0v) is 9.06. The molecule has 0 saturated carbocycles. The second kappa shape index (κ2) is 4.88. The molecule has 0 saturated heterocycles. The highest BCUT2D eigenvalue weighted by atomic mass is 79.9. The molecule has 0 atom stereocenters. The molecule has 0 bridgehead atoms. The van der Waals surface area contributed by atoms with Gasteiger partial charge in [-0.2, -0.15) is 5.26 Å². The summed E-state index contributed by atoms with van der Waals surface area (Å²) in [6.45, 7) is 2.75. The van der Waals surface area contributed by atoms with Gasteiger partial charge < -0.3 is 5.32 Å². The molecule has 0 fully saturated rings. The smallest absolute Gasteiger partial charge is 0.0640 e. The predicted octanol–water partition coefficient (Wildman–Crippen LogP) is 3.08. The molecule has 0 aromatic heterocycles. The van der Waals surface area contributed by atoms with E-state index in [0.717, 1.165) is 10.2 Å². The molecule has 13 heavy (non-hydrogen) atoms. The van der Waals surface area contributed by atoms with Crippen LogP contribution in [0.2, 0.25) is 0 Å². The van der Waals surface area contributed by atoms with E-state index in [1.54, 1.807) is 0 Å². The first-order chi connectivity index (χ1) is 6.24. The minimum absolute atomic E-state index is 0.533. The van der Waals surface area contributed by atoms with Crippen molar-refractivity contribution in [1.82, 2.24) is 0 Å². The van der Waals surface area contributed by atoms with Crippen LogP contribution in [0.4, 0.5) is 5.69 Å². The molecule has 1 rings (SSSR count). The van der Waals surface area contributed by atoms with Crippen LogP contribution >= 0.6 is 15.9 Å². The normalized spacial score (nSPS) is 9.31. The molecular formula is C10H11BrN2. The van der Waals surface area contributed by atoms with Gasteiger partial charge in [-0.3, -0.25) is 0 Å². The third kappa shape index (κ3) is 3.08. The lowest BCUT2D eigenvalue weighted by molar-refractivity contribution is 1.07. The Morgan fingerprint density at radius 1 is 1.54 bits per heavy atom. The zero-order valence-electron chi connectivity index (χ0n) is 7.47. The number of nitrogens with zero attached hydrogens (tertiary/aromatic N) is 1. The van der Waals surface area contributed by atoms with Crippen molar-refractivity contribution in [3.05, 3.63) is 28.2 Å². The zero-order chi connectivity index (χ0) is 9.68. The van der Waals surface area contributed by atoms with Crippen LogP contribution in [-0.2, 0) is 0 Å². The maximum Gasteiger partial charge on any atom is 0.0640 e. The van der Waals surface area contributed by atoms with Crippen LogP contribution in [-0.4, -0.2) is 6.54 Å². The number of hydrogen-bond donors (Lipinski definition) is 1. The number of anilines is 1. The van der Waals surface area contributed by atoms with Gasteiger partial charge in [0.15, 0.2) is 0 Å². The van der Waals surface area contributed by atoms with E-state index < -0.39 is 0 Å². The van der Waals surface area contributed by atoms with Gasteiger partial charge in [-0.15, -0.1) is 0 Å². The second-order valence-electron chi connectivity index (χ2n) is 2.80. The summed E-state index contributed by atoms with van der Waals surface area (Å²) in [6.07, 6.45) is 0.533. The van der Waals surface area contributed by atoms with Crippen molar-refractivity contribution >= 4 is 21.6 Å². The Morgan fingerprint density at radius 3 is 2.92 bits per heavy atom. The quantitative estimate of drug-likeness (QED) is 0.822. The Bertz CT molecular complexity index is 328. The summed E-state index contributed by atoms with van der Waals surface area (Å²) in [5.74, 6) is 0. The number of rotatable bonds is 3. The van der Waals surface area contributed by atoms with Gasteiger partial charge in [-0.1, -0.05) is 22.0 Å². The van der Waals surface area contributed by atoms with E-state index >= 15 is 0 Å². The first-order valence-corrected chi connectivity index (χ1v) is 4.90. The van der Waals surface area contributed by atoms with Crippen LogP contribution in [0, 0.1) is 18.3 Å². The Balaban J connectivity index is 2.59. The summed E-state index contributed by atoms with van der Waals surface area (Å²) < 4.78 is 1.09. The molecule has 0 spiro atoms. The summed E-state index contributed by atoms with van der Waals surface area (Å²) in [5, 5.41) is 11.5. The van der Waals surface area contributed by atoms with E-state index in [1.165, 1.54) is 5.56 Å². The SMILES string of the molecule is Cc1ccc(NCCC#N)cc1Br. The highest BCUT2D eigenvalue weighted by Crippen LogP contribution is 2.20. The number of benzene rings is 1. The van der Waals surface area contributed by atoms with E-state index in [4.69, 9.17) is 5.26 Å². The largest absolute Gasteiger partial charge is 0.384 e. The van der Waals surface area contributed by atoms with E-state index in [0.29, 0.717) is 13.0 Å². The Hall–Kier alpha value is -1.01. The van der Waals surface area contributed by atoms with Crippen molar-refractivity contribution in [3.8, 4) is 6.07 Å². The summed E-state index contributed by atoms with van der Waals surface area (Å²) in [7, 11) is 0. The van der Waals surface area contributed by atoms with E-state index in [1.807, 2.05) is 25.1 Å². The number of halogens is 1. The monoisotopic (exact) mass is 238 g/mol. The lowest BCUT2D eigenvalue weighted by Gasteiger charge is -2.05. The first kappa shape index (κ1) is 10.1. The predicted molar refractivity (Wildman–Crippen MR) is 57.6 cm³/mol. The molecule has 68 valence electrons. The molecule has 0 heterocycles. The van der Waals surface area contributed by atoms with Crippen LogP contribution in [0.25, 0.3) is 0 Å². The lowest BCUT2D eigenvalue weighted by Crippen LogP contribution is -1.99. The first-order valence-electron chi connectivity index (χ1n) is 4.11. The van der Waals surface area contributed by atoms with Gasteiger partial charge in [0.2, 0.25) is 0 Å². The van der Waals surface area contributed by atoms with Crippen molar-refractivity contribution in [2.24, 2.45) is 0 Å². The summed E-state index contributed by atoms with van der Waals surface area (Å²) in [6, 6.07) is 8.16. The summed E-state index contributed by atoms with van der Waals surface area (Å²) in [4.78, 5) is 0. The van der Waals surface area contributed by atoms with Gasteiger partial charge in [0, 0.05) is 16.7 Å². The average Bonchev–Trinajstić information content (AvgIpc) is 2.12. The molecule has 1 aromatic carbocycles. The molecule has 1 N–H and O–H groups in total. The molecule has 0 aliphatic carbocycles. The number of hydrogen-bond acceptors (Lipinski definition) is 2. The van der Waals surface area contributed by atoms with Crippen molar-refractivity contribution in [2.45, 2.75) is 13.3 Å². The van der Waals surface area contributed by atoms with Gasteiger partial charge in [0.05, 0.1) is 12.5 Å². The molecule has 0 aliphatic heterocycles. The molecule has 1 aromatic rings. The van der Waals surface area contributed by atoms with Crippen molar-refractivity contribution in [1.29, 1.82) is 5.26 Å². The minimum Gasteiger partial charge on any atom is -0.384 e. The average molecular weight is 239 g/mol. The molecule has 0 amide bonds. The molecular weight excluding hydrogens is 228 g/mol. The van der Waals surface area contributed by atoms with Crippen LogP contribution in [0.1, 0.15) is 12.0 Å². The van der Waals surface area contributed by atoms with Crippen molar-refractivity contribution in [3.63, 3.8) is 0 Å². The topological polar surface area (TPSA) is 35.8 Å². The van der Waals surface area contributed by atoms with Gasteiger partial charge in [0.1, 0.15) is 0 Å². The lowest BCUT2D eigenvalue weighted by atomic mass is 10.2. The van der Waals surface area contributed by atoms with E-state index in [-0.39, 0.29) is 0 Å². The van der Waals surface area contributed by atoms with Gasteiger partial charge in [-0.05, 0) is 24.6 Å². The number of aryl methyl sites for hydroxylation is 1. The number of nitriles is 1. The van der Waals surface area contributed by atoms with Crippen LogP contribution in [0.5, 0.6) is 0 Å². The fraction of sp³-hybridized carbons (Fsp3) is 0.300. The standard InChI is InChI=1S/C10H11BrN2/c1-8-3-4-9(7-10(8)11)13-6-2-5-12/h3-4,7,13H,2,6H2,1H3. The summed E-state index contributed by atoms with van der Waals surface area (Å²) >= 11 is 3.45. The Morgan fingerprint density at radius 2 is 2.31 bits per heavy atom. The second-order valence-corrected chi connectivity index (χ2v) is 3.65. The maximum atomic E-state index is 8.34. The fourth-order valence-corrected chi connectivity index (χ4v) is 1.34. The van der Waals surface area contributed by atoms with Gasteiger partial charge in [0.25, 0.3) is 0 Å². The highest BCUT2D eigenvalue weighted by molar-refractivity contribution is 9.10.